The SMILES string of the molecule is COC(=O)c1ccc2nc(-c3ccccc3-c3nc4ccc(N)cc4[nH]3)[nH]c2c1. The quantitative estimate of drug-likeness (QED) is 0.320. The fourth-order valence-electron chi connectivity index (χ4n) is 3.43. The average molecular weight is 383 g/mol. The molecule has 0 spiro atoms. The van der Waals surface area contributed by atoms with Crippen LogP contribution in [0.15, 0.2) is 60.7 Å². The van der Waals surface area contributed by atoms with E-state index < -0.39 is 0 Å². The fourth-order valence-corrected chi connectivity index (χ4v) is 3.43. The molecule has 0 aliphatic heterocycles. The first kappa shape index (κ1) is 17.0. The molecule has 7 heteroatoms. The summed E-state index contributed by atoms with van der Waals surface area (Å²) in [6.07, 6.45) is 0. The summed E-state index contributed by atoms with van der Waals surface area (Å²) in [5.74, 6) is 1.04. The smallest absolute Gasteiger partial charge is 0.337 e. The highest BCUT2D eigenvalue weighted by Crippen LogP contribution is 2.31. The van der Waals surface area contributed by atoms with Crippen LogP contribution < -0.4 is 5.73 Å². The highest BCUT2D eigenvalue weighted by atomic mass is 16.5. The van der Waals surface area contributed by atoms with Crippen LogP contribution in [0.3, 0.4) is 0 Å². The van der Waals surface area contributed by atoms with Crippen molar-refractivity contribution in [3.63, 3.8) is 0 Å². The summed E-state index contributed by atoms with van der Waals surface area (Å²) in [5, 5.41) is 0. The molecule has 142 valence electrons. The zero-order chi connectivity index (χ0) is 20.0. The number of anilines is 1. The number of nitrogens with one attached hydrogen (secondary N) is 2. The Morgan fingerprint density at radius 1 is 0.862 bits per heavy atom. The predicted octanol–water partition coefficient (Wildman–Crippen LogP) is 4.14. The lowest BCUT2D eigenvalue weighted by molar-refractivity contribution is 0.0601. The van der Waals surface area contributed by atoms with Crippen molar-refractivity contribution in [3.8, 4) is 22.8 Å². The number of carbonyl (C=O) groups excluding carboxylic acids is 1. The fraction of sp³-hybridized carbons (Fsp3) is 0.0455. The standard InChI is InChI=1S/C22H17N5O2/c1-29-22(28)12-6-8-16-18(10-12)26-20(24-16)14-4-2-3-5-15(14)21-25-17-9-7-13(23)11-19(17)27-21/h2-11H,23H2,1H3,(H,24,26)(H,25,27). The number of esters is 1. The van der Waals surface area contributed by atoms with Gasteiger partial charge in [-0.1, -0.05) is 24.3 Å². The van der Waals surface area contributed by atoms with Crippen molar-refractivity contribution in [2.24, 2.45) is 0 Å². The molecule has 0 aliphatic carbocycles. The number of ether oxygens (including phenoxy) is 1. The van der Waals surface area contributed by atoms with E-state index in [2.05, 4.69) is 9.97 Å². The Hall–Kier alpha value is -4.13. The van der Waals surface area contributed by atoms with Gasteiger partial charge in [0.2, 0.25) is 0 Å². The predicted molar refractivity (Wildman–Crippen MR) is 112 cm³/mol. The molecule has 0 saturated heterocycles. The van der Waals surface area contributed by atoms with E-state index in [1.807, 2.05) is 42.5 Å². The molecule has 0 amide bonds. The number of fused-ring (bicyclic) bond motifs is 2. The van der Waals surface area contributed by atoms with E-state index in [4.69, 9.17) is 20.4 Å². The highest BCUT2D eigenvalue weighted by Gasteiger charge is 2.15. The number of carbonyl (C=O) groups is 1. The normalized spacial score (nSPS) is 11.2. The molecule has 2 aromatic heterocycles. The summed E-state index contributed by atoms with van der Waals surface area (Å²) in [7, 11) is 1.36. The molecule has 4 N–H and O–H groups in total. The van der Waals surface area contributed by atoms with Gasteiger partial charge in [-0.25, -0.2) is 14.8 Å². The van der Waals surface area contributed by atoms with Crippen LogP contribution in [0.2, 0.25) is 0 Å². The van der Waals surface area contributed by atoms with Crippen molar-refractivity contribution < 1.29 is 9.53 Å². The first-order valence-corrected chi connectivity index (χ1v) is 9.05. The van der Waals surface area contributed by atoms with Gasteiger partial charge in [0, 0.05) is 16.8 Å². The Kier molecular flexibility index (Phi) is 3.80. The maximum atomic E-state index is 11.8. The lowest BCUT2D eigenvalue weighted by atomic mass is 10.1. The van der Waals surface area contributed by atoms with E-state index >= 15 is 0 Å². The number of aromatic nitrogens is 4. The summed E-state index contributed by atoms with van der Waals surface area (Å²) in [5.41, 5.74) is 12.1. The van der Waals surface area contributed by atoms with E-state index in [1.165, 1.54) is 7.11 Å². The topological polar surface area (TPSA) is 110 Å². The molecule has 3 aromatic carbocycles. The molecule has 0 atom stereocenters. The van der Waals surface area contributed by atoms with E-state index in [0.29, 0.717) is 17.1 Å². The van der Waals surface area contributed by atoms with E-state index in [-0.39, 0.29) is 5.97 Å². The van der Waals surface area contributed by atoms with Crippen molar-refractivity contribution in [3.05, 3.63) is 66.2 Å². The van der Waals surface area contributed by atoms with Gasteiger partial charge < -0.3 is 20.4 Å². The van der Waals surface area contributed by atoms with Crippen LogP contribution in [-0.2, 0) is 4.74 Å². The zero-order valence-electron chi connectivity index (χ0n) is 15.6. The van der Waals surface area contributed by atoms with Crippen molar-refractivity contribution in [1.82, 2.24) is 19.9 Å². The number of nitrogens with two attached hydrogens (primary N) is 1. The van der Waals surface area contributed by atoms with E-state index in [1.54, 1.807) is 18.2 Å². The molecular weight excluding hydrogens is 366 g/mol. The van der Waals surface area contributed by atoms with Gasteiger partial charge >= 0.3 is 5.97 Å². The number of nitrogens with zero attached hydrogens (tertiary/aromatic N) is 2. The summed E-state index contributed by atoms with van der Waals surface area (Å²) in [6.45, 7) is 0. The minimum absolute atomic E-state index is 0.384. The van der Waals surface area contributed by atoms with Crippen LogP contribution in [0.25, 0.3) is 44.8 Å². The summed E-state index contributed by atoms with van der Waals surface area (Å²) in [4.78, 5) is 27.8. The number of rotatable bonds is 3. The number of imidazole rings is 2. The third-order valence-corrected chi connectivity index (χ3v) is 4.85. The molecule has 0 saturated carbocycles. The highest BCUT2D eigenvalue weighted by molar-refractivity contribution is 5.94. The second kappa shape index (κ2) is 6.49. The molecule has 0 fully saturated rings. The first-order chi connectivity index (χ1) is 14.1. The second-order valence-corrected chi connectivity index (χ2v) is 6.72. The molecule has 5 aromatic rings. The van der Waals surface area contributed by atoms with Gasteiger partial charge in [-0.3, -0.25) is 0 Å². The van der Waals surface area contributed by atoms with Crippen molar-refractivity contribution in [1.29, 1.82) is 0 Å². The number of nitrogen functional groups attached to an aromatic ring is 1. The van der Waals surface area contributed by atoms with Crippen LogP contribution in [-0.4, -0.2) is 33.0 Å². The Balaban J connectivity index is 1.64. The number of aromatic amines is 2. The lowest BCUT2D eigenvalue weighted by Gasteiger charge is -2.04. The number of methoxy groups -OCH3 is 1. The maximum Gasteiger partial charge on any atom is 0.337 e. The van der Waals surface area contributed by atoms with Crippen LogP contribution in [0.1, 0.15) is 10.4 Å². The van der Waals surface area contributed by atoms with Gasteiger partial charge in [-0.05, 0) is 36.4 Å². The van der Waals surface area contributed by atoms with Crippen molar-refractivity contribution in [2.75, 3.05) is 12.8 Å². The maximum absolute atomic E-state index is 11.8. The summed E-state index contributed by atoms with van der Waals surface area (Å²) >= 11 is 0. The molecule has 2 heterocycles. The molecule has 0 aliphatic rings. The molecular formula is C22H17N5O2. The summed E-state index contributed by atoms with van der Waals surface area (Å²) < 4.78 is 4.80. The van der Waals surface area contributed by atoms with Gasteiger partial charge in [-0.15, -0.1) is 0 Å². The van der Waals surface area contributed by atoms with Crippen LogP contribution in [0, 0.1) is 0 Å². The Morgan fingerprint density at radius 3 is 2.07 bits per heavy atom. The molecule has 0 bridgehead atoms. The second-order valence-electron chi connectivity index (χ2n) is 6.72. The Morgan fingerprint density at radius 2 is 1.45 bits per heavy atom. The van der Waals surface area contributed by atoms with Gasteiger partial charge in [-0.2, -0.15) is 0 Å². The van der Waals surface area contributed by atoms with Crippen LogP contribution in [0.4, 0.5) is 5.69 Å². The Labute approximate surface area is 165 Å². The minimum atomic E-state index is -0.384. The molecule has 5 rings (SSSR count). The number of benzene rings is 3. The molecule has 29 heavy (non-hydrogen) atoms. The third kappa shape index (κ3) is 2.89. The zero-order valence-corrected chi connectivity index (χ0v) is 15.6. The van der Waals surface area contributed by atoms with Crippen LogP contribution in [0.5, 0.6) is 0 Å². The Bertz CT molecular complexity index is 1380. The number of H-pyrrole nitrogens is 2. The molecule has 7 nitrogen and oxygen atoms in total. The van der Waals surface area contributed by atoms with Crippen molar-refractivity contribution in [2.45, 2.75) is 0 Å². The van der Waals surface area contributed by atoms with E-state index in [0.717, 1.165) is 39.0 Å². The van der Waals surface area contributed by atoms with Gasteiger partial charge in [0.15, 0.2) is 0 Å². The first-order valence-electron chi connectivity index (χ1n) is 9.05. The van der Waals surface area contributed by atoms with Gasteiger partial charge in [0.1, 0.15) is 11.6 Å². The minimum Gasteiger partial charge on any atom is -0.465 e. The largest absolute Gasteiger partial charge is 0.465 e. The average Bonchev–Trinajstić information content (AvgIpc) is 3.36. The summed E-state index contributed by atoms with van der Waals surface area (Å²) in [6, 6.07) is 18.7. The molecule has 0 unspecified atom stereocenters. The molecule has 0 radical (unpaired) electrons. The van der Waals surface area contributed by atoms with Crippen molar-refractivity contribution >= 4 is 33.7 Å². The monoisotopic (exact) mass is 383 g/mol. The number of hydrogen-bond donors (Lipinski definition) is 3. The number of hydrogen-bond acceptors (Lipinski definition) is 5. The lowest BCUT2D eigenvalue weighted by Crippen LogP contribution is -2.00. The van der Waals surface area contributed by atoms with Gasteiger partial charge in [0.05, 0.1) is 34.7 Å². The van der Waals surface area contributed by atoms with Gasteiger partial charge in [0.25, 0.3) is 0 Å². The van der Waals surface area contributed by atoms with E-state index in [9.17, 15) is 4.79 Å². The third-order valence-electron chi connectivity index (χ3n) is 4.85. The van der Waals surface area contributed by atoms with Crippen LogP contribution >= 0.6 is 0 Å².